The highest BCUT2D eigenvalue weighted by Crippen LogP contribution is 2.39. The molecule has 0 atom stereocenters. The first kappa shape index (κ1) is 27.4. The molecule has 2 aromatic carbocycles. The summed E-state index contributed by atoms with van der Waals surface area (Å²) in [5.74, 6) is 0.242. The van der Waals surface area contributed by atoms with Crippen molar-refractivity contribution in [3.63, 3.8) is 0 Å². The van der Waals surface area contributed by atoms with Crippen LogP contribution in [-0.4, -0.2) is 55.4 Å². The number of nitriles is 1. The van der Waals surface area contributed by atoms with E-state index in [1.807, 2.05) is 36.4 Å². The van der Waals surface area contributed by atoms with Gasteiger partial charge in [-0.15, -0.1) is 0 Å². The first-order valence-corrected chi connectivity index (χ1v) is 16.0. The van der Waals surface area contributed by atoms with Gasteiger partial charge >= 0.3 is 0 Å². The van der Waals surface area contributed by atoms with Crippen LogP contribution >= 0.6 is 18.7 Å². The summed E-state index contributed by atoms with van der Waals surface area (Å²) in [4.78, 5) is 11.2. The van der Waals surface area contributed by atoms with E-state index in [0.717, 1.165) is 43.6 Å². The predicted molar refractivity (Wildman–Crippen MR) is 156 cm³/mol. The van der Waals surface area contributed by atoms with Gasteiger partial charge in [0.05, 0.1) is 36.3 Å². The van der Waals surface area contributed by atoms with Gasteiger partial charge in [-0.05, 0) is 49.6 Å². The SMILES string of the molecule is CCc1cc(Nc2ncc(Cl)c(Nc3ccccc3P(C)(C)=O)n2)cc(C#N)c1N1CCC2(CC1)OCCO2. The number of nitrogens with zero attached hydrogens (tertiary/aromatic N) is 4. The van der Waals surface area contributed by atoms with E-state index < -0.39 is 12.9 Å². The Balaban J connectivity index is 1.39. The molecule has 11 heteroatoms. The summed E-state index contributed by atoms with van der Waals surface area (Å²) in [6.45, 7) is 8.32. The molecule has 0 radical (unpaired) electrons. The number of rotatable bonds is 7. The standard InChI is InChI=1S/C28H32ClN6O3P/c1-4-19-15-21(16-20(17-30)25(19)35-11-9-28(10-12-35)37-13-14-38-28)32-27-31-18-22(29)26(34-27)33-23-7-5-6-8-24(23)39(2,3)36/h5-8,15-16,18H,4,9-14H2,1-3H3,(H2,31,32,33,34). The van der Waals surface area contributed by atoms with E-state index in [2.05, 4.69) is 38.5 Å². The molecule has 1 aromatic heterocycles. The van der Waals surface area contributed by atoms with Crippen molar-refractivity contribution < 1.29 is 14.0 Å². The number of aryl methyl sites for hydroxylation is 1. The summed E-state index contributed by atoms with van der Waals surface area (Å²) >= 11 is 6.41. The lowest BCUT2D eigenvalue weighted by molar-refractivity contribution is -0.169. The highest BCUT2D eigenvalue weighted by molar-refractivity contribution is 7.70. The van der Waals surface area contributed by atoms with Crippen LogP contribution in [0.15, 0.2) is 42.6 Å². The Morgan fingerprint density at radius 2 is 1.87 bits per heavy atom. The fourth-order valence-electron chi connectivity index (χ4n) is 5.17. The van der Waals surface area contributed by atoms with Crippen LogP contribution in [0.5, 0.6) is 0 Å². The Morgan fingerprint density at radius 1 is 1.15 bits per heavy atom. The molecule has 0 bridgehead atoms. The van der Waals surface area contributed by atoms with Gasteiger partial charge in [-0.3, -0.25) is 0 Å². The lowest BCUT2D eigenvalue weighted by Gasteiger charge is -2.39. The second-order valence-corrected chi connectivity index (χ2v) is 13.7. The molecule has 2 fully saturated rings. The molecule has 39 heavy (non-hydrogen) atoms. The van der Waals surface area contributed by atoms with Gasteiger partial charge in [0.25, 0.3) is 0 Å². The molecule has 5 rings (SSSR count). The van der Waals surface area contributed by atoms with Gasteiger partial charge in [0, 0.05) is 36.9 Å². The number of halogens is 1. The van der Waals surface area contributed by atoms with E-state index in [1.165, 1.54) is 6.20 Å². The van der Waals surface area contributed by atoms with Gasteiger partial charge in [-0.2, -0.15) is 10.2 Å². The molecule has 2 aliphatic rings. The van der Waals surface area contributed by atoms with Crippen LogP contribution in [0.2, 0.25) is 5.02 Å². The molecule has 0 unspecified atom stereocenters. The Labute approximate surface area is 233 Å². The van der Waals surface area contributed by atoms with E-state index in [9.17, 15) is 9.83 Å². The average molecular weight is 567 g/mol. The van der Waals surface area contributed by atoms with Gasteiger partial charge in [0.15, 0.2) is 11.6 Å². The molecule has 1 spiro atoms. The summed E-state index contributed by atoms with van der Waals surface area (Å²) in [5, 5.41) is 17.6. The summed E-state index contributed by atoms with van der Waals surface area (Å²) in [5.41, 5.74) is 3.99. The number of aromatic nitrogens is 2. The average Bonchev–Trinajstić information content (AvgIpc) is 3.38. The largest absolute Gasteiger partial charge is 0.370 e. The van der Waals surface area contributed by atoms with Gasteiger partial charge < -0.3 is 29.6 Å². The third-order valence-corrected chi connectivity index (χ3v) is 8.91. The van der Waals surface area contributed by atoms with Gasteiger partial charge in [-0.1, -0.05) is 30.7 Å². The highest BCUT2D eigenvalue weighted by Gasteiger charge is 2.40. The number of ether oxygens (including phenoxy) is 2. The molecular formula is C28H32ClN6O3P. The lowest BCUT2D eigenvalue weighted by Crippen LogP contribution is -2.45. The Morgan fingerprint density at radius 3 is 2.54 bits per heavy atom. The minimum absolute atomic E-state index is 0.324. The maximum Gasteiger partial charge on any atom is 0.229 e. The van der Waals surface area contributed by atoms with E-state index >= 15 is 0 Å². The molecule has 3 heterocycles. The highest BCUT2D eigenvalue weighted by atomic mass is 35.5. The molecule has 204 valence electrons. The smallest absolute Gasteiger partial charge is 0.229 e. The molecule has 0 amide bonds. The fourth-order valence-corrected chi connectivity index (χ4v) is 6.47. The van der Waals surface area contributed by atoms with Crippen LogP contribution in [0.3, 0.4) is 0 Å². The first-order valence-electron chi connectivity index (χ1n) is 13.0. The number of nitrogens with one attached hydrogen (secondary N) is 2. The maximum atomic E-state index is 12.8. The van der Waals surface area contributed by atoms with Crippen LogP contribution in [0, 0.1) is 11.3 Å². The number of para-hydroxylation sites is 1. The molecule has 9 nitrogen and oxygen atoms in total. The van der Waals surface area contributed by atoms with Crippen molar-refractivity contribution >= 4 is 52.9 Å². The zero-order valence-electron chi connectivity index (χ0n) is 22.3. The zero-order chi connectivity index (χ0) is 27.6. The van der Waals surface area contributed by atoms with Crippen molar-refractivity contribution in [2.45, 2.75) is 32.0 Å². The molecular weight excluding hydrogens is 535 g/mol. The minimum atomic E-state index is -2.53. The molecule has 2 aliphatic heterocycles. The normalized spacial score (nSPS) is 16.7. The molecule has 2 saturated heterocycles. The van der Waals surface area contributed by atoms with E-state index in [1.54, 1.807) is 13.3 Å². The number of piperidine rings is 1. The van der Waals surface area contributed by atoms with Crippen molar-refractivity contribution in [3.8, 4) is 6.07 Å². The summed E-state index contributed by atoms with van der Waals surface area (Å²) < 4.78 is 24.5. The molecule has 0 saturated carbocycles. The Kier molecular flexibility index (Phi) is 7.84. The lowest BCUT2D eigenvalue weighted by atomic mass is 9.98. The predicted octanol–water partition coefficient (Wildman–Crippen LogP) is 5.64. The van der Waals surface area contributed by atoms with Gasteiger partial charge in [-0.25, -0.2) is 4.98 Å². The van der Waals surface area contributed by atoms with Crippen molar-refractivity contribution in [1.29, 1.82) is 5.26 Å². The van der Waals surface area contributed by atoms with E-state index in [-0.39, 0.29) is 0 Å². The molecule has 3 aromatic rings. The van der Waals surface area contributed by atoms with Crippen molar-refractivity contribution in [3.05, 3.63) is 58.7 Å². The third kappa shape index (κ3) is 5.90. The Bertz CT molecular complexity index is 1450. The zero-order valence-corrected chi connectivity index (χ0v) is 24.0. The quantitative estimate of drug-likeness (QED) is 0.351. The molecule has 0 aliphatic carbocycles. The third-order valence-electron chi connectivity index (χ3n) is 7.08. The fraction of sp³-hybridized carbons (Fsp3) is 0.393. The van der Waals surface area contributed by atoms with Crippen molar-refractivity contribution in [2.24, 2.45) is 0 Å². The number of benzene rings is 2. The topological polar surface area (TPSA) is 112 Å². The Hall–Kier alpha value is -3.15. The monoisotopic (exact) mass is 566 g/mol. The summed E-state index contributed by atoms with van der Waals surface area (Å²) in [6, 6.07) is 13.6. The molecule has 2 N–H and O–H groups in total. The van der Waals surface area contributed by atoms with Gasteiger partial charge in [0.1, 0.15) is 18.2 Å². The summed E-state index contributed by atoms with van der Waals surface area (Å²) in [6.07, 6.45) is 3.80. The number of anilines is 5. The van der Waals surface area contributed by atoms with Crippen molar-refractivity contribution in [2.75, 3.05) is 55.2 Å². The van der Waals surface area contributed by atoms with E-state index in [0.29, 0.717) is 52.2 Å². The van der Waals surface area contributed by atoms with Crippen LogP contribution in [0.1, 0.15) is 30.9 Å². The second kappa shape index (κ2) is 11.1. The van der Waals surface area contributed by atoms with Crippen molar-refractivity contribution in [1.82, 2.24) is 9.97 Å². The van der Waals surface area contributed by atoms with Crippen LogP contribution < -0.4 is 20.8 Å². The summed E-state index contributed by atoms with van der Waals surface area (Å²) in [7, 11) is -2.53. The van der Waals surface area contributed by atoms with Crippen LogP contribution in [0.4, 0.5) is 28.8 Å². The van der Waals surface area contributed by atoms with Crippen LogP contribution in [0.25, 0.3) is 0 Å². The second-order valence-electron chi connectivity index (χ2n) is 10.1. The minimum Gasteiger partial charge on any atom is -0.370 e. The maximum absolute atomic E-state index is 12.8. The number of hydrogen-bond donors (Lipinski definition) is 2. The number of hydrogen-bond acceptors (Lipinski definition) is 9. The van der Waals surface area contributed by atoms with Crippen LogP contribution in [-0.2, 0) is 20.5 Å². The van der Waals surface area contributed by atoms with E-state index in [4.69, 9.17) is 21.1 Å². The first-order chi connectivity index (χ1) is 18.7. The van der Waals surface area contributed by atoms with Gasteiger partial charge in [0.2, 0.25) is 5.95 Å².